The van der Waals surface area contributed by atoms with Crippen LogP contribution in [-0.4, -0.2) is 45.3 Å². The van der Waals surface area contributed by atoms with Crippen LogP contribution in [0.5, 0.6) is 0 Å². The Morgan fingerprint density at radius 2 is 1.92 bits per heavy atom. The predicted molar refractivity (Wildman–Crippen MR) is 95.7 cm³/mol. The van der Waals surface area contributed by atoms with E-state index in [-0.39, 0.29) is 4.90 Å². The number of allylic oxidation sites excluding steroid dienone is 1. The molecule has 8 heteroatoms. The summed E-state index contributed by atoms with van der Waals surface area (Å²) in [6.45, 7) is 4.73. The highest BCUT2D eigenvalue weighted by Gasteiger charge is 2.20. The second-order valence-corrected chi connectivity index (χ2v) is 7.81. The molecule has 0 saturated carbocycles. The molecule has 138 valence electrons. The highest BCUT2D eigenvalue weighted by Crippen LogP contribution is 2.22. The van der Waals surface area contributed by atoms with E-state index in [1.165, 1.54) is 20.2 Å². The normalized spacial score (nSPS) is 12.2. The van der Waals surface area contributed by atoms with Crippen LogP contribution in [0.1, 0.15) is 25.8 Å². The third-order valence-corrected chi connectivity index (χ3v) is 5.35. The van der Waals surface area contributed by atoms with Crippen molar-refractivity contribution in [3.63, 3.8) is 0 Å². The minimum absolute atomic E-state index is 0.106. The number of carbonyl (C=O) groups excluding carboxylic acids is 2. The molecule has 1 aromatic rings. The lowest BCUT2D eigenvalue weighted by Gasteiger charge is -2.15. The summed E-state index contributed by atoms with van der Waals surface area (Å²) in [7, 11) is -0.748. The third kappa shape index (κ3) is 5.68. The zero-order valence-corrected chi connectivity index (χ0v) is 15.9. The zero-order valence-electron chi connectivity index (χ0n) is 15.1. The van der Waals surface area contributed by atoms with Crippen molar-refractivity contribution in [3.05, 3.63) is 35.4 Å². The molecule has 7 nitrogen and oxygen atoms in total. The topological polar surface area (TPSA) is 92.8 Å². The first-order valence-corrected chi connectivity index (χ1v) is 9.20. The number of nitrogens with one attached hydrogen (secondary N) is 1. The standard InChI is InChI=1S/C17H24N2O5S/c1-6-7-13(3)17(21)24-11-16(20)18-14-9-8-12(2)15(10-14)25(22,23)19(4)5/h7-10H,6,11H2,1-5H3,(H,18,20)/b13-7-. The Morgan fingerprint density at radius 1 is 1.28 bits per heavy atom. The van der Waals surface area contributed by atoms with E-state index in [9.17, 15) is 18.0 Å². The van der Waals surface area contributed by atoms with E-state index >= 15 is 0 Å². The van der Waals surface area contributed by atoms with Crippen LogP contribution in [-0.2, 0) is 24.3 Å². The molecule has 0 bridgehead atoms. The molecule has 0 unspecified atom stereocenters. The summed E-state index contributed by atoms with van der Waals surface area (Å²) >= 11 is 0. The number of ether oxygens (including phenoxy) is 1. The second kappa shape index (κ2) is 8.77. The van der Waals surface area contributed by atoms with E-state index in [0.717, 1.165) is 4.31 Å². The molecule has 0 spiro atoms. The Kier molecular flexibility index (Phi) is 7.32. The van der Waals surface area contributed by atoms with Gasteiger partial charge in [0.2, 0.25) is 10.0 Å². The number of sulfonamides is 1. The van der Waals surface area contributed by atoms with Gasteiger partial charge in [0.25, 0.3) is 5.91 Å². The fourth-order valence-electron chi connectivity index (χ4n) is 1.98. The SMILES string of the molecule is CC/C=C(/C)C(=O)OCC(=O)Nc1ccc(C)c(S(=O)(=O)N(C)C)c1. The maximum Gasteiger partial charge on any atom is 0.333 e. The molecule has 0 aromatic heterocycles. The van der Waals surface area contributed by atoms with Gasteiger partial charge >= 0.3 is 5.97 Å². The summed E-state index contributed by atoms with van der Waals surface area (Å²) in [6, 6.07) is 4.57. The van der Waals surface area contributed by atoms with Crippen molar-refractivity contribution in [2.45, 2.75) is 32.1 Å². The predicted octanol–water partition coefficient (Wildman–Crippen LogP) is 2.08. The molecule has 0 heterocycles. The van der Waals surface area contributed by atoms with Crippen LogP contribution in [0.3, 0.4) is 0 Å². The largest absolute Gasteiger partial charge is 0.452 e. The molecular weight excluding hydrogens is 344 g/mol. The number of esters is 1. The van der Waals surface area contributed by atoms with E-state index < -0.39 is 28.5 Å². The number of nitrogens with zero attached hydrogens (tertiary/aromatic N) is 1. The molecule has 1 amide bonds. The van der Waals surface area contributed by atoms with Crippen LogP contribution in [0.2, 0.25) is 0 Å². The molecule has 0 radical (unpaired) electrons. The zero-order chi connectivity index (χ0) is 19.2. The van der Waals surface area contributed by atoms with Gasteiger partial charge in [0, 0.05) is 25.4 Å². The smallest absolute Gasteiger partial charge is 0.333 e. The second-order valence-electron chi connectivity index (χ2n) is 5.69. The van der Waals surface area contributed by atoms with Crippen LogP contribution < -0.4 is 5.32 Å². The van der Waals surface area contributed by atoms with Crippen LogP contribution in [0.15, 0.2) is 34.7 Å². The number of amides is 1. The Morgan fingerprint density at radius 3 is 2.48 bits per heavy atom. The van der Waals surface area contributed by atoms with Crippen molar-refractivity contribution in [2.75, 3.05) is 26.0 Å². The van der Waals surface area contributed by atoms with Crippen LogP contribution in [0, 0.1) is 6.92 Å². The minimum atomic E-state index is -3.62. The average Bonchev–Trinajstić information content (AvgIpc) is 2.54. The third-order valence-electron chi connectivity index (χ3n) is 3.40. The maximum atomic E-state index is 12.3. The van der Waals surface area contributed by atoms with E-state index in [0.29, 0.717) is 23.2 Å². The van der Waals surface area contributed by atoms with Gasteiger partial charge in [-0.25, -0.2) is 17.5 Å². The first kappa shape index (κ1) is 20.9. The van der Waals surface area contributed by atoms with Crippen LogP contribution in [0.4, 0.5) is 5.69 Å². The van der Waals surface area contributed by atoms with Crippen molar-refractivity contribution in [2.24, 2.45) is 0 Å². The average molecular weight is 368 g/mol. The van der Waals surface area contributed by atoms with Gasteiger partial charge in [-0.05, 0) is 38.0 Å². The highest BCUT2D eigenvalue weighted by atomic mass is 32.2. The van der Waals surface area contributed by atoms with Gasteiger partial charge in [-0.15, -0.1) is 0 Å². The fraction of sp³-hybridized carbons (Fsp3) is 0.412. The lowest BCUT2D eigenvalue weighted by Crippen LogP contribution is -2.24. The lowest BCUT2D eigenvalue weighted by atomic mass is 10.2. The molecule has 0 aliphatic rings. The number of carbonyl (C=O) groups is 2. The van der Waals surface area contributed by atoms with Crippen LogP contribution in [0.25, 0.3) is 0 Å². The number of hydrogen-bond donors (Lipinski definition) is 1. The molecule has 0 aliphatic heterocycles. The van der Waals surface area contributed by atoms with Crippen molar-refractivity contribution in [3.8, 4) is 0 Å². The number of rotatable bonds is 7. The first-order valence-electron chi connectivity index (χ1n) is 7.76. The molecular formula is C17H24N2O5S. The molecule has 1 N–H and O–H groups in total. The van der Waals surface area contributed by atoms with E-state index in [2.05, 4.69) is 5.32 Å². The Hall–Kier alpha value is -2.19. The Balaban J connectivity index is 2.83. The van der Waals surface area contributed by atoms with Crippen LogP contribution >= 0.6 is 0 Å². The first-order chi connectivity index (χ1) is 11.6. The Labute approximate surface area is 148 Å². The molecule has 0 aliphatic carbocycles. The van der Waals surface area contributed by atoms with E-state index in [1.54, 1.807) is 32.1 Å². The van der Waals surface area contributed by atoms with Gasteiger partial charge in [0.1, 0.15) is 0 Å². The highest BCUT2D eigenvalue weighted by molar-refractivity contribution is 7.89. The summed E-state index contributed by atoms with van der Waals surface area (Å²) in [5.41, 5.74) is 1.32. The molecule has 0 saturated heterocycles. The summed E-state index contributed by atoms with van der Waals surface area (Å²) in [5, 5.41) is 2.53. The summed E-state index contributed by atoms with van der Waals surface area (Å²) < 4.78 is 30.6. The summed E-state index contributed by atoms with van der Waals surface area (Å²) in [6.07, 6.45) is 2.40. The van der Waals surface area contributed by atoms with E-state index in [1.807, 2.05) is 6.92 Å². The van der Waals surface area contributed by atoms with Gasteiger partial charge in [0.15, 0.2) is 6.61 Å². The van der Waals surface area contributed by atoms with Crippen molar-refractivity contribution in [1.82, 2.24) is 4.31 Å². The summed E-state index contributed by atoms with van der Waals surface area (Å²) in [4.78, 5) is 23.7. The quantitative estimate of drug-likeness (QED) is 0.587. The number of hydrogen-bond acceptors (Lipinski definition) is 5. The summed E-state index contributed by atoms with van der Waals surface area (Å²) in [5.74, 6) is -1.11. The molecule has 0 atom stereocenters. The monoisotopic (exact) mass is 368 g/mol. The number of aryl methyl sites for hydroxylation is 1. The van der Waals surface area contributed by atoms with Crippen molar-refractivity contribution < 1.29 is 22.7 Å². The number of anilines is 1. The lowest BCUT2D eigenvalue weighted by molar-refractivity contribution is -0.143. The van der Waals surface area contributed by atoms with Gasteiger partial charge in [-0.1, -0.05) is 19.1 Å². The van der Waals surface area contributed by atoms with Gasteiger partial charge in [-0.3, -0.25) is 4.79 Å². The fourth-order valence-corrected chi connectivity index (χ4v) is 3.13. The molecule has 1 rings (SSSR count). The van der Waals surface area contributed by atoms with Crippen molar-refractivity contribution >= 4 is 27.6 Å². The minimum Gasteiger partial charge on any atom is -0.452 e. The molecule has 1 aromatic carbocycles. The number of benzene rings is 1. The van der Waals surface area contributed by atoms with E-state index in [4.69, 9.17) is 4.74 Å². The van der Waals surface area contributed by atoms with Gasteiger partial charge < -0.3 is 10.1 Å². The van der Waals surface area contributed by atoms with Crippen molar-refractivity contribution in [1.29, 1.82) is 0 Å². The molecule has 0 fully saturated rings. The van der Waals surface area contributed by atoms with Gasteiger partial charge in [-0.2, -0.15) is 0 Å². The molecule has 25 heavy (non-hydrogen) atoms. The van der Waals surface area contributed by atoms with Gasteiger partial charge in [0.05, 0.1) is 4.90 Å². The maximum absolute atomic E-state index is 12.3. The Bertz CT molecular complexity index is 782.